The van der Waals surface area contributed by atoms with Gasteiger partial charge in [-0.25, -0.2) is 14.4 Å². The zero-order valence-corrected chi connectivity index (χ0v) is 20.6. The highest BCUT2D eigenvalue weighted by molar-refractivity contribution is 9.10. The Balaban J connectivity index is 2.20. The number of hydrogen-bond acceptors (Lipinski definition) is 7. The Morgan fingerprint density at radius 1 is 1.12 bits per heavy atom. The molecule has 1 atom stereocenters. The minimum atomic E-state index is -0.960. The number of methoxy groups -OCH3 is 1. The van der Waals surface area contributed by atoms with Crippen molar-refractivity contribution in [3.05, 3.63) is 69.3 Å². The normalized spacial score (nSPS) is 15.5. The van der Waals surface area contributed by atoms with Crippen LogP contribution in [0, 0.1) is 0 Å². The van der Waals surface area contributed by atoms with Gasteiger partial charge >= 0.3 is 23.9 Å². The highest BCUT2D eigenvalue weighted by atomic mass is 79.9. The Kier molecular flexibility index (Phi) is 7.72. The molecule has 0 aliphatic carbocycles. The molecule has 1 aliphatic heterocycles. The average molecular weight is 531 g/mol. The summed E-state index contributed by atoms with van der Waals surface area (Å²) in [6.45, 7) is 4.65. The van der Waals surface area contributed by atoms with E-state index in [1.807, 2.05) is 0 Å². The first-order chi connectivity index (χ1) is 16.2. The summed E-state index contributed by atoms with van der Waals surface area (Å²) in [6, 6.07) is 9.78. The van der Waals surface area contributed by atoms with E-state index in [0.29, 0.717) is 21.4 Å². The summed E-state index contributed by atoms with van der Waals surface area (Å²) in [7, 11) is 1.26. The molecule has 0 saturated heterocycles. The lowest BCUT2D eigenvalue weighted by molar-refractivity contribution is -0.139. The summed E-state index contributed by atoms with van der Waals surface area (Å²) in [5.74, 6) is -1.59. The molecular weight excluding hydrogens is 508 g/mol. The number of amides is 2. The lowest BCUT2D eigenvalue weighted by Gasteiger charge is -2.36. The molecular formula is C24H23BrN2O7. The Morgan fingerprint density at radius 2 is 1.82 bits per heavy atom. The minimum absolute atomic E-state index is 0.114. The maximum atomic E-state index is 13.3. The van der Waals surface area contributed by atoms with E-state index < -0.39 is 30.0 Å². The summed E-state index contributed by atoms with van der Waals surface area (Å²) in [5.41, 5.74) is 1.43. The second-order valence-corrected chi connectivity index (χ2v) is 8.09. The van der Waals surface area contributed by atoms with E-state index in [1.54, 1.807) is 50.2 Å². The fourth-order valence-electron chi connectivity index (χ4n) is 3.65. The molecule has 1 N–H and O–H groups in total. The van der Waals surface area contributed by atoms with Gasteiger partial charge in [-0.15, -0.1) is 0 Å². The van der Waals surface area contributed by atoms with Gasteiger partial charge in [0.25, 0.3) is 0 Å². The number of anilines is 1. The molecule has 0 saturated carbocycles. The summed E-state index contributed by atoms with van der Waals surface area (Å²) >= 11 is 3.36. The van der Waals surface area contributed by atoms with Crippen molar-refractivity contribution in [3.63, 3.8) is 0 Å². The van der Waals surface area contributed by atoms with E-state index >= 15 is 0 Å². The first-order valence-electron chi connectivity index (χ1n) is 10.3. The van der Waals surface area contributed by atoms with Crippen LogP contribution in [0.5, 0.6) is 5.75 Å². The highest BCUT2D eigenvalue weighted by Gasteiger charge is 2.39. The Hall–Kier alpha value is -3.66. The quantitative estimate of drug-likeness (QED) is 0.438. The average Bonchev–Trinajstić information content (AvgIpc) is 2.79. The molecule has 178 valence electrons. The fraction of sp³-hybridized carbons (Fsp3) is 0.250. The Bertz CT molecular complexity index is 1190. The van der Waals surface area contributed by atoms with Gasteiger partial charge in [-0.05, 0) is 54.0 Å². The molecule has 1 unspecified atom stereocenters. The topological polar surface area (TPSA) is 111 Å². The molecule has 0 aromatic heterocycles. The molecule has 34 heavy (non-hydrogen) atoms. The van der Waals surface area contributed by atoms with E-state index in [1.165, 1.54) is 25.0 Å². The zero-order valence-electron chi connectivity index (χ0n) is 19.0. The molecule has 0 bridgehead atoms. The number of para-hydroxylation sites is 1. The molecule has 9 nitrogen and oxygen atoms in total. The third-order valence-electron chi connectivity index (χ3n) is 5.06. The van der Waals surface area contributed by atoms with E-state index in [2.05, 4.69) is 21.2 Å². The number of halogens is 1. The number of carbonyl (C=O) groups is 4. The number of hydrogen-bond donors (Lipinski definition) is 1. The van der Waals surface area contributed by atoms with Crippen molar-refractivity contribution in [2.75, 3.05) is 18.6 Å². The van der Waals surface area contributed by atoms with Crippen molar-refractivity contribution < 1.29 is 33.4 Å². The molecule has 0 fully saturated rings. The van der Waals surface area contributed by atoms with Crippen LogP contribution >= 0.6 is 15.9 Å². The van der Waals surface area contributed by atoms with Crippen molar-refractivity contribution in [1.82, 2.24) is 5.32 Å². The third kappa shape index (κ3) is 4.96. The lowest BCUT2D eigenvalue weighted by Crippen LogP contribution is -2.48. The van der Waals surface area contributed by atoms with Gasteiger partial charge in [0.1, 0.15) is 0 Å². The molecule has 2 aromatic rings. The van der Waals surface area contributed by atoms with Gasteiger partial charge in [-0.2, -0.15) is 0 Å². The number of nitrogens with one attached hydrogen (secondary N) is 1. The second kappa shape index (κ2) is 10.5. The predicted molar refractivity (Wildman–Crippen MR) is 126 cm³/mol. The van der Waals surface area contributed by atoms with Crippen LogP contribution < -0.4 is 15.0 Å². The van der Waals surface area contributed by atoms with Crippen LogP contribution in [0.4, 0.5) is 10.5 Å². The minimum Gasteiger partial charge on any atom is -0.465 e. The summed E-state index contributed by atoms with van der Waals surface area (Å²) < 4.78 is 15.9. The number of rotatable bonds is 6. The molecule has 2 aromatic carbocycles. The van der Waals surface area contributed by atoms with Crippen molar-refractivity contribution in [3.8, 4) is 5.75 Å². The van der Waals surface area contributed by atoms with E-state index in [4.69, 9.17) is 14.2 Å². The van der Waals surface area contributed by atoms with Crippen molar-refractivity contribution in [2.24, 2.45) is 0 Å². The Labute approximate surface area is 204 Å². The van der Waals surface area contributed by atoms with Crippen LogP contribution in [-0.4, -0.2) is 37.7 Å². The van der Waals surface area contributed by atoms with Crippen LogP contribution in [0.15, 0.2) is 58.2 Å². The van der Waals surface area contributed by atoms with Crippen LogP contribution in [0.1, 0.15) is 42.7 Å². The smallest absolute Gasteiger partial charge is 0.338 e. The Morgan fingerprint density at radius 3 is 2.47 bits per heavy atom. The van der Waals surface area contributed by atoms with Crippen LogP contribution in [0.2, 0.25) is 0 Å². The molecule has 3 rings (SSSR count). The second-order valence-electron chi connectivity index (χ2n) is 7.23. The van der Waals surface area contributed by atoms with Gasteiger partial charge in [-0.1, -0.05) is 18.2 Å². The van der Waals surface area contributed by atoms with Gasteiger partial charge in [-0.3, -0.25) is 9.69 Å². The predicted octanol–water partition coefficient (Wildman–Crippen LogP) is 4.27. The maximum Gasteiger partial charge on any atom is 0.338 e. The molecule has 0 spiro atoms. The number of allylic oxidation sites excluding steroid dienone is 1. The monoisotopic (exact) mass is 530 g/mol. The lowest BCUT2D eigenvalue weighted by atomic mass is 9.93. The number of ether oxygens (including phenoxy) is 3. The van der Waals surface area contributed by atoms with Crippen molar-refractivity contribution >= 4 is 45.6 Å². The van der Waals surface area contributed by atoms with Gasteiger partial charge in [0.15, 0.2) is 5.75 Å². The van der Waals surface area contributed by atoms with Crippen molar-refractivity contribution in [2.45, 2.75) is 26.8 Å². The van der Waals surface area contributed by atoms with Gasteiger partial charge < -0.3 is 19.5 Å². The summed E-state index contributed by atoms with van der Waals surface area (Å²) in [4.78, 5) is 51.3. The van der Waals surface area contributed by atoms with E-state index in [0.717, 1.165) is 0 Å². The van der Waals surface area contributed by atoms with E-state index in [9.17, 15) is 19.2 Å². The molecule has 0 radical (unpaired) electrons. The maximum absolute atomic E-state index is 13.3. The first-order valence-corrected chi connectivity index (χ1v) is 11.1. The fourth-order valence-corrected chi connectivity index (χ4v) is 4.12. The largest absolute Gasteiger partial charge is 0.465 e. The van der Waals surface area contributed by atoms with Gasteiger partial charge in [0, 0.05) is 18.2 Å². The number of benzene rings is 2. The molecule has 1 aliphatic rings. The summed E-state index contributed by atoms with van der Waals surface area (Å²) in [5, 5.41) is 2.80. The zero-order chi connectivity index (χ0) is 25.0. The SMILES string of the molecule is CCOC(=O)C1=C(C)N(c2cccc(C(=O)OC)c2)C(=O)NC1c1cccc(Br)c1OC(C)=O. The van der Waals surface area contributed by atoms with Crippen molar-refractivity contribution in [1.29, 1.82) is 0 Å². The van der Waals surface area contributed by atoms with Crippen LogP contribution in [-0.2, 0) is 19.1 Å². The first kappa shape index (κ1) is 25.0. The standard InChI is InChI=1S/C24H23BrN2O7/c1-5-33-23(30)19-13(2)27(16-9-6-8-15(12-16)22(29)32-4)24(31)26-20(19)17-10-7-11-18(25)21(17)34-14(3)28/h6-12,20H,5H2,1-4H3,(H,26,31). The highest BCUT2D eigenvalue weighted by Crippen LogP contribution is 2.40. The molecule has 1 heterocycles. The van der Waals surface area contributed by atoms with E-state index in [-0.39, 0.29) is 23.5 Å². The van der Waals surface area contributed by atoms with Crippen LogP contribution in [0.25, 0.3) is 0 Å². The number of nitrogens with zero attached hydrogens (tertiary/aromatic N) is 1. The third-order valence-corrected chi connectivity index (χ3v) is 5.68. The molecule has 2 amide bonds. The van der Waals surface area contributed by atoms with Crippen LogP contribution in [0.3, 0.4) is 0 Å². The molecule has 10 heteroatoms. The van der Waals surface area contributed by atoms with Gasteiger partial charge in [0.05, 0.1) is 41.1 Å². The number of carbonyl (C=O) groups excluding carboxylic acids is 4. The summed E-state index contributed by atoms with van der Waals surface area (Å²) in [6.07, 6.45) is 0. The number of esters is 3. The number of urea groups is 1. The van der Waals surface area contributed by atoms with Gasteiger partial charge in [0.2, 0.25) is 0 Å².